The summed E-state index contributed by atoms with van der Waals surface area (Å²) in [4.78, 5) is 12.3. The highest BCUT2D eigenvalue weighted by atomic mass is 79.9. The predicted molar refractivity (Wildman–Crippen MR) is 81.2 cm³/mol. The first-order chi connectivity index (χ1) is 8.50. The van der Waals surface area contributed by atoms with Crippen LogP contribution in [0.5, 0.6) is 0 Å². The van der Waals surface area contributed by atoms with E-state index in [9.17, 15) is 9.18 Å². The smallest absolute Gasteiger partial charge is 0.179 e. The molecule has 0 bridgehead atoms. The van der Waals surface area contributed by atoms with Crippen molar-refractivity contribution in [3.05, 3.63) is 34.1 Å². The molecular formula is C13H14BrFOS2. The third kappa shape index (κ3) is 2.94. The maximum absolute atomic E-state index is 13.9. The summed E-state index contributed by atoms with van der Waals surface area (Å²) in [6, 6.07) is 4.88. The molecule has 3 atom stereocenters. The van der Waals surface area contributed by atoms with Crippen molar-refractivity contribution >= 4 is 45.2 Å². The molecule has 0 spiro atoms. The van der Waals surface area contributed by atoms with Crippen LogP contribution in [-0.4, -0.2) is 27.3 Å². The lowest BCUT2D eigenvalue weighted by Crippen LogP contribution is -2.32. The third-order valence-corrected chi connectivity index (χ3v) is 7.06. The first kappa shape index (κ1) is 14.4. The highest BCUT2D eigenvalue weighted by Gasteiger charge is 2.32. The van der Waals surface area contributed by atoms with Gasteiger partial charge in [-0.15, -0.1) is 11.8 Å². The fourth-order valence-corrected chi connectivity index (χ4v) is 5.02. The van der Waals surface area contributed by atoms with Gasteiger partial charge in [0.15, 0.2) is 5.78 Å². The van der Waals surface area contributed by atoms with Gasteiger partial charge in [0.1, 0.15) is 5.82 Å². The number of Topliss-reactive ketones (excluding diaryl/α,β-unsaturated/α-hetero) is 1. The van der Waals surface area contributed by atoms with Gasteiger partial charge in [-0.1, -0.05) is 19.9 Å². The molecule has 1 nitrogen and oxygen atoms in total. The van der Waals surface area contributed by atoms with Gasteiger partial charge in [-0.25, -0.2) is 4.39 Å². The summed E-state index contributed by atoms with van der Waals surface area (Å²) >= 11 is 6.57. The third-order valence-electron chi connectivity index (χ3n) is 3.06. The Bertz CT molecular complexity index is 466. The van der Waals surface area contributed by atoms with E-state index in [2.05, 4.69) is 29.8 Å². The molecule has 5 heteroatoms. The van der Waals surface area contributed by atoms with Gasteiger partial charge in [0.05, 0.1) is 15.3 Å². The number of halogens is 2. The van der Waals surface area contributed by atoms with Gasteiger partial charge in [0, 0.05) is 16.3 Å². The topological polar surface area (TPSA) is 17.1 Å². The van der Waals surface area contributed by atoms with E-state index in [1.807, 2.05) is 0 Å². The minimum atomic E-state index is -0.445. The Hall–Kier alpha value is -0.0000000000000000555. The molecule has 1 heterocycles. The zero-order valence-electron chi connectivity index (χ0n) is 10.2. The SMILES string of the molecule is CC1SCC(C(=O)c2cccc(Br)c2F)SC1C. The second kappa shape index (κ2) is 5.97. The van der Waals surface area contributed by atoms with Crippen LogP contribution in [0.4, 0.5) is 4.39 Å². The molecule has 1 aliphatic rings. The molecule has 0 aliphatic carbocycles. The van der Waals surface area contributed by atoms with Crippen LogP contribution in [0.1, 0.15) is 24.2 Å². The van der Waals surface area contributed by atoms with Crippen LogP contribution in [-0.2, 0) is 0 Å². The minimum Gasteiger partial charge on any atom is -0.293 e. The van der Waals surface area contributed by atoms with Gasteiger partial charge >= 0.3 is 0 Å². The maximum atomic E-state index is 13.9. The maximum Gasteiger partial charge on any atom is 0.179 e. The number of rotatable bonds is 2. The van der Waals surface area contributed by atoms with Crippen molar-refractivity contribution in [3.63, 3.8) is 0 Å². The van der Waals surface area contributed by atoms with Gasteiger partial charge in [-0.05, 0) is 28.1 Å². The minimum absolute atomic E-state index is 0.0925. The number of hydrogen-bond donors (Lipinski definition) is 0. The number of thioether (sulfide) groups is 2. The van der Waals surface area contributed by atoms with Crippen LogP contribution in [0.25, 0.3) is 0 Å². The fraction of sp³-hybridized carbons (Fsp3) is 0.462. The Morgan fingerprint density at radius 1 is 1.39 bits per heavy atom. The lowest BCUT2D eigenvalue weighted by atomic mass is 10.1. The summed E-state index contributed by atoms with van der Waals surface area (Å²) in [5.41, 5.74) is 0.198. The molecule has 0 radical (unpaired) electrons. The molecule has 1 aliphatic heterocycles. The molecule has 3 unspecified atom stereocenters. The summed E-state index contributed by atoms with van der Waals surface area (Å²) in [6.45, 7) is 4.29. The number of ketones is 1. The summed E-state index contributed by atoms with van der Waals surface area (Å²) < 4.78 is 14.2. The molecule has 98 valence electrons. The van der Waals surface area contributed by atoms with Gasteiger partial charge in [0.25, 0.3) is 0 Å². The van der Waals surface area contributed by atoms with Crippen molar-refractivity contribution < 1.29 is 9.18 Å². The van der Waals surface area contributed by atoms with Crippen molar-refractivity contribution in [2.75, 3.05) is 5.75 Å². The molecule has 1 saturated heterocycles. The van der Waals surface area contributed by atoms with E-state index in [1.165, 1.54) is 0 Å². The van der Waals surface area contributed by atoms with Crippen LogP contribution in [0.2, 0.25) is 0 Å². The molecule has 1 aromatic rings. The average molecular weight is 349 g/mol. The Kier molecular flexibility index (Phi) is 4.78. The Morgan fingerprint density at radius 2 is 2.11 bits per heavy atom. The molecule has 2 rings (SSSR count). The molecule has 18 heavy (non-hydrogen) atoms. The monoisotopic (exact) mass is 348 g/mol. The molecular weight excluding hydrogens is 335 g/mol. The first-order valence-electron chi connectivity index (χ1n) is 5.76. The molecule has 0 amide bonds. The zero-order valence-corrected chi connectivity index (χ0v) is 13.4. The standard InChI is InChI=1S/C13H14BrFOS2/c1-7-8(2)18-11(6-17-7)13(16)9-4-3-5-10(14)12(9)15/h3-5,7-8,11H,6H2,1-2H3. The summed E-state index contributed by atoms with van der Waals surface area (Å²) in [5, 5.41) is 0.837. The van der Waals surface area contributed by atoms with Crippen LogP contribution in [0.3, 0.4) is 0 Å². The zero-order chi connectivity index (χ0) is 13.3. The highest BCUT2D eigenvalue weighted by molar-refractivity contribution is 9.10. The van der Waals surface area contributed by atoms with Gasteiger partial charge in [-0.3, -0.25) is 4.79 Å². The molecule has 0 aromatic heterocycles. The van der Waals surface area contributed by atoms with Crippen molar-refractivity contribution in [2.24, 2.45) is 0 Å². The molecule has 1 fully saturated rings. The van der Waals surface area contributed by atoms with Crippen LogP contribution in [0, 0.1) is 5.82 Å². The van der Waals surface area contributed by atoms with E-state index in [1.54, 1.807) is 41.7 Å². The summed E-state index contributed by atoms with van der Waals surface area (Å²) in [5.74, 6) is 0.227. The van der Waals surface area contributed by atoms with Gasteiger partial charge in [0.2, 0.25) is 0 Å². The summed E-state index contributed by atoms with van der Waals surface area (Å²) in [6.07, 6.45) is 0. The summed E-state index contributed by atoms with van der Waals surface area (Å²) in [7, 11) is 0. The Balaban J connectivity index is 2.19. The van der Waals surface area contributed by atoms with E-state index in [0.29, 0.717) is 15.0 Å². The van der Waals surface area contributed by atoms with Crippen molar-refractivity contribution in [2.45, 2.75) is 29.6 Å². The largest absolute Gasteiger partial charge is 0.293 e. The second-order valence-electron chi connectivity index (χ2n) is 4.33. The van der Waals surface area contributed by atoms with Crippen molar-refractivity contribution in [1.82, 2.24) is 0 Å². The van der Waals surface area contributed by atoms with Crippen molar-refractivity contribution in [1.29, 1.82) is 0 Å². The molecule has 1 aromatic carbocycles. The lowest BCUT2D eigenvalue weighted by molar-refractivity contribution is 0.0991. The van der Waals surface area contributed by atoms with E-state index >= 15 is 0 Å². The predicted octanol–water partition coefficient (Wildman–Crippen LogP) is 4.40. The van der Waals surface area contributed by atoms with Crippen LogP contribution >= 0.6 is 39.5 Å². The van der Waals surface area contributed by atoms with E-state index in [0.717, 1.165) is 5.75 Å². The normalized spacial score (nSPS) is 28.1. The number of benzene rings is 1. The van der Waals surface area contributed by atoms with Crippen LogP contribution in [0.15, 0.2) is 22.7 Å². The quantitative estimate of drug-likeness (QED) is 0.737. The fourth-order valence-electron chi connectivity index (χ4n) is 1.79. The highest BCUT2D eigenvalue weighted by Crippen LogP contribution is 2.37. The Labute approximate surface area is 123 Å². The van der Waals surface area contributed by atoms with E-state index in [4.69, 9.17) is 0 Å². The second-order valence-corrected chi connectivity index (χ2v) is 8.18. The molecule has 0 saturated carbocycles. The number of carbonyl (C=O) groups excluding carboxylic acids is 1. The number of carbonyl (C=O) groups is 1. The van der Waals surface area contributed by atoms with Gasteiger partial charge < -0.3 is 0 Å². The molecule has 0 N–H and O–H groups in total. The first-order valence-corrected chi connectivity index (χ1v) is 8.54. The van der Waals surface area contributed by atoms with E-state index < -0.39 is 5.82 Å². The average Bonchev–Trinajstić information content (AvgIpc) is 2.35. The lowest BCUT2D eigenvalue weighted by Gasteiger charge is -2.30. The van der Waals surface area contributed by atoms with Crippen molar-refractivity contribution in [3.8, 4) is 0 Å². The number of hydrogen-bond acceptors (Lipinski definition) is 3. The van der Waals surface area contributed by atoms with Gasteiger partial charge in [-0.2, -0.15) is 11.8 Å². The van der Waals surface area contributed by atoms with E-state index in [-0.39, 0.29) is 16.6 Å². The van der Waals surface area contributed by atoms with Crippen LogP contribution < -0.4 is 0 Å². The Morgan fingerprint density at radius 3 is 2.78 bits per heavy atom.